The van der Waals surface area contributed by atoms with Gasteiger partial charge in [0.15, 0.2) is 5.69 Å². The first kappa shape index (κ1) is 54.7. The lowest BCUT2D eigenvalue weighted by Crippen LogP contribution is -2.47. The molecule has 1 aliphatic heterocycles. The fraction of sp³-hybridized carbons (Fsp3) is 0.265. The third-order valence-electron chi connectivity index (χ3n) is 9.93. The molecule has 344 valence electrons. The van der Waals surface area contributed by atoms with Crippen molar-refractivity contribution in [3.05, 3.63) is 170 Å². The van der Waals surface area contributed by atoms with Crippen LogP contribution in [0.15, 0.2) is 90.4 Å². The van der Waals surface area contributed by atoms with Crippen molar-refractivity contribution in [2.24, 2.45) is 5.92 Å². The number of rotatable bonds is 12. The van der Waals surface area contributed by atoms with Crippen molar-refractivity contribution in [1.29, 1.82) is 5.26 Å². The van der Waals surface area contributed by atoms with Gasteiger partial charge < -0.3 is 19.4 Å². The van der Waals surface area contributed by atoms with Gasteiger partial charge in [-0.25, -0.2) is 14.5 Å². The van der Waals surface area contributed by atoms with Gasteiger partial charge in [0.05, 0.1) is 65.4 Å². The SMILES string of the molecule is C1CCOC1.CP=S.[C-]#[N+]c1ccc(-c2nnc([C@H](Cc3ccc([N+]#[C-])c(Cl)c3C=C)[C@H](C)O)o2)cc1.[C-]#[N+]c1ccc(C[C@@H](C(=O)NNC(=O)c2ccc(C#N)cc2)[C@H](C)O)c(C=C)c1Cl. The number of hydrazine groups is 1. The minimum atomic E-state index is -1.02. The summed E-state index contributed by atoms with van der Waals surface area (Å²) in [6, 6.07) is 21.3. The predicted molar refractivity (Wildman–Crippen MR) is 266 cm³/mol. The van der Waals surface area contributed by atoms with Crippen LogP contribution in [0.1, 0.15) is 76.7 Å². The average molecular weight is 978 g/mol. The molecule has 0 spiro atoms. The fourth-order valence-corrected chi connectivity index (χ4v) is 6.91. The third kappa shape index (κ3) is 16.0. The van der Waals surface area contributed by atoms with Gasteiger partial charge in [-0.3, -0.25) is 20.4 Å². The average Bonchev–Trinajstić information content (AvgIpc) is 4.09. The van der Waals surface area contributed by atoms with E-state index in [1.54, 1.807) is 61.5 Å². The van der Waals surface area contributed by atoms with E-state index in [4.69, 9.17) is 57.3 Å². The van der Waals surface area contributed by atoms with Gasteiger partial charge in [0.25, 0.3) is 5.91 Å². The lowest BCUT2D eigenvalue weighted by Gasteiger charge is -2.21. The van der Waals surface area contributed by atoms with E-state index < -0.39 is 35.9 Å². The number of benzene rings is 4. The van der Waals surface area contributed by atoms with Crippen molar-refractivity contribution >= 4 is 83.4 Å². The van der Waals surface area contributed by atoms with Gasteiger partial charge in [-0.2, -0.15) is 5.26 Å². The van der Waals surface area contributed by atoms with Crippen LogP contribution in [0, 0.1) is 37.0 Å². The third-order valence-corrected chi connectivity index (χ3v) is 10.7. The summed E-state index contributed by atoms with van der Waals surface area (Å²) in [4.78, 5) is 34.9. The van der Waals surface area contributed by atoms with E-state index >= 15 is 0 Å². The standard InChI is InChI=1S/C22H19ClN4O3.C22H17ClN4O2.C4H8O.CH3PS/c1-4-17-16(9-10-19(25-3)20(17)23)11-18(13(2)28)22(30)27-26-21(29)15-7-5-14(12-24)6-8-15;1-5-17-15(8-11-19(25-4)20(17)23)12-18(13(2)28)22-27-26-21(29-22)14-6-9-16(24-3)10-7-14;1-2-4-5-3-1;1-2-3/h4-10,13,18,28H,1,11H2,2H3,(H,26,29)(H,27,30);5-11,13,18,28H,1,12H2,2H3;1-4H2;1H3/t2*13-,18+;;/m00../s1. The smallest absolute Gasteiger partial charge is 0.269 e. The van der Waals surface area contributed by atoms with E-state index in [9.17, 15) is 19.8 Å². The summed E-state index contributed by atoms with van der Waals surface area (Å²) in [7, 11) is 1.00. The number of aliphatic hydroxyl groups excluding tert-OH is 2. The molecule has 2 amide bonds. The molecule has 2 heterocycles. The van der Waals surface area contributed by atoms with E-state index in [0.29, 0.717) is 62.4 Å². The highest BCUT2D eigenvalue weighted by molar-refractivity contribution is 7.96. The summed E-state index contributed by atoms with van der Waals surface area (Å²) in [5.41, 5.74) is 9.75. The van der Waals surface area contributed by atoms with E-state index in [1.165, 1.54) is 50.1 Å². The molecular formula is C49H47Cl2N8O6PS. The highest BCUT2D eigenvalue weighted by Crippen LogP contribution is 2.36. The van der Waals surface area contributed by atoms with E-state index in [1.807, 2.05) is 12.7 Å². The van der Waals surface area contributed by atoms with Crippen LogP contribution in [0.3, 0.4) is 0 Å². The molecule has 0 unspecified atom stereocenters. The number of hydrogen-bond acceptors (Lipinski definition) is 10. The molecular weight excluding hydrogens is 931 g/mol. The minimum Gasteiger partial charge on any atom is -0.420 e. The van der Waals surface area contributed by atoms with Gasteiger partial charge in [0.1, 0.15) is 0 Å². The lowest BCUT2D eigenvalue weighted by atomic mass is 9.91. The zero-order chi connectivity index (χ0) is 49.5. The summed E-state index contributed by atoms with van der Waals surface area (Å²) >= 11 is 16.9. The van der Waals surface area contributed by atoms with E-state index in [2.05, 4.69) is 60.5 Å². The Kier molecular flexibility index (Phi) is 23.2. The fourth-order valence-electron chi connectivity index (χ4n) is 6.30. The van der Waals surface area contributed by atoms with Crippen molar-refractivity contribution in [3.8, 4) is 17.5 Å². The number of aromatic nitrogens is 2. The topological polar surface area (TPSA) is 184 Å². The molecule has 1 aromatic heterocycles. The van der Waals surface area contributed by atoms with Crippen molar-refractivity contribution < 1.29 is 29.0 Å². The number of hydrogen-bond donors (Lipinski definition) is 4. The molecule has 1 aliphatic rings. The molecule has 0 saturated carbocycles. The van der Waals surface area contributed by atoms with Crippen LogP contribution in [-0.4, -0.2) is 64.3 Å². The zero-order valence-electron chi connectivity index (χ0n) is 36.9. The summed E-state index contributed by atoms with van der Waals surface area (Å²) in [6.07, 6.45) is 4.38. The largest absolute Gasteiger partial charge is 0.420 e. The molecule has 5 aromatic rings. The number of carbonyl (C=O) groups excluding carboxylic acids is 2. The summed E-state index contributed by atoms with van der Waals surface area (Å²) < 4.78 is 10.8. The number of aliphatic hydroxyl groups is 2. The number of nitrogens with zero attached hydrogens (tertiary/aromatic N) is 6. The van der Waals surface area contributed by atoms with Crippen molar-refractivity contribution in [1.82, 2.24) is 21.0 Å². The van der Waals surface area contributed by atoms with E-state index in [0.717, 1.165) is 26.1 Å². The molecule has 1 saturated heterocycles. The van der Waals surface area contributed by atoms with E-state index in [-0.39, 0.29) is 22.7 Å². The molecule has 18 heteroatoms. The van der Waals surface area contributed by atoms with Crippen LogP contribution in [0.5, 0.6) is 0 Å². The second kappa shape index (κ2) is 28.4. The summed E-state index contributed by atoms with van der Waals surface area (Å²) in [6.45, 7) is 35.9. The Morgan fingerprint density at radius 3 is 1.82 bits per heavy atom. The molecule has 6 rings (SSSR count). The number of amides is 2. The van der Waals surface area contributed by atoms with Gasteiger partial charge in [-0.05, 0) is 100 Å². The molecule has 4 atom stereocenters. The summed E-state index contributed by atoms with van der Waals surface area (Å²) in [5, 5.41) is 38.0. The molecule has 67 heavy (non-hydrogen) atoms. The van der Waals surface area contributed by atoms with Gasteiger partial charge in [0, 0.05) is 24.3 Å². The van der Waals surface area contributed by atoms with Gasteiger partial charge in [-0.15, -0.1) is 10.2 Å². The van der Waals surface area contributed by atoms with Gasteiger partial charge >= 0.3 is 0 Å². The Labute approximate surface area is 407 Å². The first-order valence-corrected chi connectivity index (χ1v) is 23.5. The van der Waals surface area contributed by atoms with Crippen LogP contribution < -0.4 is 10.9 Å². The molecule has 1 fully saturated rings. The van der Waals surface area contributed by atoms with Crippen LogP contribution in [-0.2, 0) is 34.2 Å². The van der Waals surface area contributed by atoms with Gasteiger partial charge in [-0.1, -0.05) is 109 Å². The molecule has 4 N–H and O–H groups in total. The highest BCUT2D eigenvalue weighted by Gasteiger charge is 2.28. The number of carbonyl (C=O) groups is 2. The molecule has 14 nitrogen and oxygen atoms in total. The van der Waals surface area contributed by atoms with Crippen LogP contribution in [0.4, 0.5) is 17.1 Å². The number of nitriles is 1. The van der Waals surface area contributed by atoms with Crippen LogP contribution in [0.25, 0.3) is 38.1 Å². The molecule has 4 aromatic carbocycles. The van der Waals surface area contributed by atoms with Crippen LogP contribution >= 0.6 is 30.6 Å². The second-order valence-electron chi connectivity index (χ2n) is 14.4. The first-order valence-electron chi connectivity index (χ1n) is 20.4. The Morgan fingerprint density at radius 1 is 0.851 bits per heavy atom. The maximum Gasteiger partial charge on any atom is 0.269 e. The molecule has 0 bridgehead atoms. The maximum atomic E-state index is 12.6. The Bertz CT molecular complexity index is 2670. The van der Waals surface area contributed by atoms with Crippen molar-refractivity contribution in [2.75, 3.05) is 19.9 Å². The highest BCUT2D eigenvalue weighted by atomic mass is 35.5. The number of ether oxygens (including phenoxy) is 1. The van der Waals surface area contributed by atoms with Crippen molar-refractivity contribution in [3.63, 3.8) is 0 Å². The summed E-state index contributed by atoms with van der Waals surface area (Å²) in [5.74, 6) is -1.90. The van der Waals surface area contributed by atoms with Crippen LogP contribution in [0.2, 0.25) is 10.0 Å². The Balaban J connectivity index is 0.000000305. The number of nitrogens with one attached hydrogen (secondary N) is 2. The zero-order valence-corrected chi connectivity index (χ0v) is 40.1. The Morgan fingerprint density at radius 2 is 1.39 bits per heavy atom. The lowest BCUT2D eigenvalue weighted by molar-refractivity contribution is -0.128. The Hall–Kier alpha value is -6.62. The second-order valence-corrected chi connectivity index (χ2v) is 16.6. The predicted octanol–water partition coefficient (Wildman–Crippen LogP) is 11.1. The number of halogens is 2. The molecule has 0 aliphatic carbocycles. The first-order chi connectivity index (χ1) is 32.2. The quantitative estimate of drug-likeness (QED) is 0.0533. The maximum absolute atomic E-state index is 12.6. The monoisotopic (exact) mass is 976 g/mol. The normalized spacial score (nSPS) is 12.9. The minimum absolute atomic E-state index is 0.121. The van der Waals surface area contributed by atoms with Gasteiger partial charge in [0.2, 0.25) is 29.1 Å². The van der Waals surface area contributed by atoms with Crippen molar-refractivity contribution in [2.45, 2.75) is 57.7 Å². The molecule has 0 radical (unpaired) electrons.